The highest BCUT2D eigenvalue weighted by Crippen LogP contribution is 2.30. The third-order valence-electron chi connectivity index (χ3n) is 7.33. The van der Waals surface area contributed by atoms with Gasteiger partial charge in [-0.05, 0) is 63.0 Å². The molecule has 0 fully saturated rings. The molecule has 3 N–H and O–H groups in total. The van der Waals surface area contributed by atoms with E-state index in [0.29, 0.717) is 6.42 Å². The van der Waals surface area contributed by atoms with Crippen LogP contribution in [0.25, 0.3) is 0 Å². The van der Waals surface area contributed by atoms with E-state index in [1.54, 1.807) is 19.1 Å². The molecule has 224 valence electrons. The van der Waals surface area contributed by atoms with Crippen LogP contribution in [0, 0.1) is 17.8 Å². The molecule has 0 saturated heterocycles. The van der Waals surface area contributed by atoms with E-state index in [9.17, 15) is 24.9 Å². The predicted octanol–water partition coefficient (Wildman–Crippen LogP) is 5.62. The molecule has 39 heavy (non-hydrogen) atoms. The van der Waals surface area contributed by atoms with Gasteiger partial charge in [-0.2, -0.15) is 0 Å². The zero-order valence-corrected chi connectivity index (χ0v) is 26.7. The molecule has 0 saturated carbocycles. The molecule has 1 aliphatic heterocycles. The molecule has 0 aromatic heterocycles. The van der Waals surface area contributed by atoms with E-state index in [1.165, 1.54) is 6.92 Å². The first-order valence-electron chi connectivity index (χ1n) is 13.9. The lowest BCUT2D eigenvalue weighted by Crippen LogP contribution is -2.42. The Kier molecular flexibility index (Phi) is 15.6. The van der Waals surface area contributed by atoms with Crippen molar-refractivity contribution in [3.05, 3.63) is 36.0 Å². The first kappa shape index (κ1) is 35.8. The Morgan fingerprint density at radius 2 is 1.97 bits per heavy atom. The molecule has 0 aromatic carbocycles. The van der Waals surface area contributed by atoms with Crippen LogP contribution < -0.4 is 0 Å². The van der Waals surface area contributed by atoms with Crippen molar-refractivity contribution in [1.82, 2.24) is 0 Å². The predicted molar refractivity (Wildman–Crippen MR) is 159 cm³/mol. The number of aliphatic hydroxyl groups excluding tert-OH is 2. The minimum Gasteiger partial charge on any atom is -0.457 e. The number of carbonyl (C=O) groups is 2. The lowest BCUT2D eigenvalue weighted by molar-refractivity contribution is -0.157. The van der Waals surface area contributed by atoms with Gasteiger partial charge in [-0.25, -0.2) is 0 Å². The van der Waals surface area contributed by atoms with E-state index >= 15 is 0 Å². The van der Waals surface area contributed by atoms with Crippen LogP contribution in [0.4, 0.5) is 0 Å². The first-order chi connectivity index (χ1) is 18.1. The molecule has 0 aliphatic carbocycles. The van der Waals surface area contributed by atoms with Crippen molar-refractivity contribution in [3.8, 4) is 0 Å². The molecule has 0 spiro atoms. The average Bonchev–Trinajstić information content (AvgIpc) is 2.85. The zero-order chi connectivity index (χ0) is 29.9. The number of ether oxygens (including phenoxy) is 2. The van der Waals surface area contributed by atoms with Crippen molar-refractivity contribution >= 4 is 39.5 Å². The number of hydrogen-bond donors (Lipinski definition) is 3. The van der Waals surface area contributed by atoms with Gasteiger partial charge in [0.2, 0.25) is 0 Å². The molecule has 0 amide bonds. The monoisotopic (exact) mass is 634 g/mol. The number of hydrogen-bond acceptors (Lipinski definition) is 7. The van der Waals surface area contributed by atoms with Gasteiger partial charge in [0.25, 0.3) is 0 Å². The molecule has 0 radical (unpaired) electrons. The molecular weight excluding hydrogens is 588 g/mol. The number of carbonyl (C=O) groups excluding carboxylic acids is 2. The lowest BCUT2D eigenvalue weighted by atomic mass is 9.88. The summed E-state index contributed by atoms with van der Waals surface area (Å²) in [6, 6.07) is 0. The fraction of sp³-hybridized carbons (Fsp3) is 0.733. The molecule has 0 bridgehead atoms. The van der Waals surface area contributed by atoms with Crippen LogP contribution in [0.1, 0.15) is 80.6 Å². The van der Waals surface area contributed by atoms with Crippen molar-refractivity contribution in [2.24, 2.45) is 17.8 Å². The summed E-state index contributed by atoms with van der Waals surface area (Å²) in [5.41, 5.74) is -0.607. The fourth-order valence-corrected chi connectivity index (χ4v) is 5.94. The van der Waals surface area contributed by atoms with E-state index < -0.39 is 42.0 Å². The molecule has 1 rings (SSSR count). The summed E-state index contributed by atoms with van der Waals surface area (Å²) in [6.45, 7) is 12.6. The average molecular weight is 636 g/mol. The van der Waals surface area contributed by atoms with E-state index in [-0.39, 0.29) is 47.2 Å². The molecule has 1 aliphatic rings. The van der Waals surface area contributed by atoms with Crippen LogP contribution in [0.15, 0.2) is 36.0 Å². The topological polar surface area (TPSA) is 113 Å². The van der Waals surface area contributed by atoms with Gasteiger partial charge in [-0.15, -0.1) is 11.6 Å². The summed E-state index contributed by atoms with van der Waals surface area (Å²) in [4.78, 5) is 24.3. The van der Waals surface area contributed by atoms with Gasteiger partial charge in [-0.3, -0.25) is 9.59 Å². The Morgan fingerprint density at radius 3 is 2.56 bits per heavy atom. The van der Waals surface area contributed by atoms with Gasteiger partial charge in [0, 0.05) is 17.7 Å². The van der Waals surface area contributed by atoms with Crippen molar-refractivity contribution in [3.63, 3.8) is 0 Å². The van der Waals surface area contributed by atoms with E-state index in [0.717, 1.165) is 12.0 Å². The van der Waals surface area contributed by atoms with Gasteiger partial charge in [0.15, 0.2) is 0 Å². The van der Waals surface area contributed by atoms with Crippen molar-refractivity contribution in [2.45, 2.75) is 121 Å². The fourth-order valence-electron chi connectivity index (χ4n) is 4.60. The van der Waals surface area contributed by atoms with Crippen LogP contribution >= 0.6 is 27.5 Å². The molecule has 9 heteroatoms. The lowest BCUT2D eigenvalue weighted by Gasteiger charge is -2.32. The van der Waals surface area contributed by atoms with Gasteiger partial charge in [-0.1, -0.05) is 67.9 Å². The first-order valence-corrected chi connectivity index (χ1v) is 15.2. The van der Waals surface area contributed by atoms with Crippen LogP contribution in [0.2, 0.25) is 0 Å². The molecule has 10 unspecified atom stereocenters. The Balaban J connectivity index is 3.07. The summed E-state index contributed by atoms with van der Waals surface area (Å²) in [5, 5.41) is 31.2. The summed E-state index contributed by atoms with van der Waals surface area (Å²) < 4.78 is 11.1. The molecule has 10 atom stereocenters. The van der Waals surface area contributed by atoms with E-state index in [1.807, 2.05) is 39.8 Å². The Morgan fingerprint density at radius 1 is 1.33 bits per heavy atom. The second-order valence-electron chi connectivity index (χ2n) is 11.2. The van der Waals surface area contributed by atoms with E-state index in [4.69, 9.17) is 21.1 Å². The Labute approximate surface area is 247 Å². The third kappa shape index (κ3) is 12.5. The number of esters is 2. The van der Waals surface area contributed by atoms with Gasteiger partial charge in [0.05, 0.1) is 24.0 Å². The normalized spacial score (nSPS) is 31.4. The number of rotatable bonds is 10. The van der Waals surface area contributed by atoms with Gasteiger partial charge in [0.1, 0.15) is 17.8 Å². The van der Waals surface area contributed by atoms with Crippen molar-refractivity contribution < 1.29 is 34.4 Å². The van der Waals surface area contributed by atoms with Crippen LogP contribution in [0.5, 0.6) is 0 Å². The summed E-state index contributed by atoms with van der Waals surface area (Å²) in [5.74, 6) is -1.17. The minimum absolute atomic E-state index is 0.0336. The number of cyclic esters (lactones) is 1. The smallest absolute Gasteiger partial charge is 0.309 e. The van der Waals surface area contributed by atoms with Gasteiger partial charge >= 0.3 is 11.9 Å². The van der Waals surface area contributed by atoms with Crippen LogP contribution in [-0.2, 0) is 19.1 Å². The number of allylic oxidation sites excluding steroid dienone is 3. The van der Waals surface area contributed by atoms with Crippen LogP contribution in [0.3, 0.4) is 0 Å². The molecule has 0 aromatic rings. The maximum atomic E-state index is 12.6. The summed E-state index contributed by atoms with van der Waals surface area (Å²) in [6.07, 6.45) is 7.86. The number of aliphatic hydroxyl groups is 3. The third-order valence-corrected chi connectivity index (χ3v) is 9.28. The van der Waals surface area contributed by atoms with Gasteiger partial charge < -0.3 is 24.8 Å². The quantitative estimate of drug-likeness (QED) is 0.124. The molecule has 1 heterocycles. The maximum Gasteiger partial charge on any atom is 0.309 e. The molecular formula is C30H48BrClO7. The highest BCUT2D eigenvalue weighted by molar-refractivity contribution is 9.09. The summed E-state index contributed by atoms with van der Waals surface area (Å²) in [7, 11) is 0. The highest BCUT2D eigenvalue weighted by Gasteiger charge is 2.35. The van der Waals surface area contributed by atoms with E-state index in [2.05, 4.69) is 28.9 Å². The zero-order valence-electron chi connectivity index (χ0n) is 24.3. The highest BCUT2D eigenvalue weighted by atomic mass is 79.9. The second-order valence-corrected chi connectivity index (χ2v) is 12.9. The Hall–Kier alpha value is -1.19. The SMILES string of the molecule is CCC(O)C(C)C(Cl)C(Br)CC(C)C=CC=C(C)C1OC(=O)CC(O)CCC(C)(O)C(OC(C)=O)C=CC1C. The second kappa shape index (κ2) is 16.9. The largest absolute Gasteiger partial charge is 0.457 e. The molecule has 7 nitrogen and oxygen atoms in total. The van der Waals surface area contributed by atoms with Crippen molar-refractivity contribution in [2.75, 3.05) is 0 Å². The standard InChI is InChI=1S/C30H48BrClO7/c1-8-25(35)21(5)28(32)24(31)16-18(2)10-9-11-19(3)29-20(4)12-13-26(38-22(6)33)30(7,37)15-14-23(34)17-27(36)39-29/h9-13,18,20-21,23-26,28-29,34-35,37H,8,14-17H2,1-7H3. The minimum atomic E-state index is -1.41. The maximum absolute atomic E-state index is 12.6. The Bertz CT molecular complexity index is 871. The van der Waals surface area contributed by atoms with Crippen molar-refractivity contribution in [1.29, 1.82) is 0 Å². The number of halogens is 2. The van der Waals surface area contributed by atoms with Crippen LogP contribution in [-0.4, -0.2) is 67.5 Å². The number of alkyl halides is 2. The summed E-state index contributed by atoms with van der Waals surface area (Å²) >= 11 is 10.3.